The summed E-state index contributed by atoms with van der Waals surface area (Å²) in [6, 6.07) is 9.08. The Bertz CT molecular complexity index is 612. The van der Waals surface area contributed by atoms with Crippen molar-refractivity contribution in [1.29, 1.82) is 0 Å². The van der Waals surface area contributed by atoms with Crippen molar-refractivity contribution in [3.63, 3.8) is 0 Å². The second-order valence-electron chi connectivity index (χ2n) is 4.31. The van der Waals surface area contributed by atoms with E-state index in [1.54, 1.807) is 6.20 Å². The van der Waals surface area contributed by atoms with Crippen LogP contribution in [0.4, 0.5) is 10.5 Å². The number of rotatable bonds is 2. The van der Waals surface area contributed by atoms with E-state index in [9.17, 15) is 4.79 Å². The average molecular weight is 251 g/mol. The molecule has 0 spiro atoms. The highest BCUT2D eigenvalue weighted by Gasteiger charge is 2.23. The zero-order chi connectivity index (χ0) is 13.1. The van der Waals surface area contributed by atoms with Gasteiger partial charge in [0.15, 0.2) is 0 Å². The molecule has 0 aromatic heterocycles. The summed E-state index contributed by atoms with van der Waals surface area (Å²) >= 11 is 0. The van der Waals surface area contributed by atoms with Gasteiger partial charge in [-0.25, -0.2) is 4.79 Å². The maximum absolute atomic E-state index is 11.9. The van der Waals surface area contributed by atoms with Gasteiger partial charge in [0.2, 0.25) is 0 Å². The molecule has 19 heavy (non-hydrogen) atoms. The predicted molar refractivity (Wildman–Crippen MR) is 75.9 cm³/mol. The quantitative estimate of drug-likeness (QED) is 0.834. The van der Waals surface area contributed by atoms with Gasteiger partial charge in [0, 0.05) is 11.9 Å². The van der Waals surface area contributed by atoms with Gasteiger partial charge in [-0.15, -0.1) is 0 Å². The number of amides is 2. The third-order valence-corrected chi connectivity index (χ3v) is 2.98. The van der Waals surface area contributed by atoms with E-state index in [0.29, 0.717) is 0 Å². The molecule has 0 bridgehead atoms. The van der Waals surface area contributed by atoms with Crippen molar-refractivity contribution < 1.29 is 4.79 Å². The monoisotopic (exact) mass is 251 g/mol. The van der Waals surface area contributed by atoms with E-state index >= 15 is 0 Å². The number of carbonyl (C=O) groups is 1. The third kappa shape index (κ3) is 2.47. The summed E-state index contributed by atoms with van der Waals surface area (Å²) in [4.78, 5) is 16.2. The minimum absolute atomic E-state index is 0.0616. The van der Waals surface area contributed by atoms with Gasteiger partial charge < -0.3 is 10.6 Å². The summed E-state index contributed by atoms with van der Waals surface area (Å²) in [5.41, 5.74) is 2.51. The largest absolute Gasteiger partial charge is 0.323 e. The zero-order valence-electron chi connectivity index (χ0n) is 10.2. The van der Waals surface area contributed by atoms with Gasteiger partial charge in [0.25, 0.3) is 0 Å². The fourth-order valence-corrected chi connectivity index (χ4v) is 2.07. The van der Waals surface area contributed by atoms with Gasteiger partial charge >= 0.3 is 6.03 Å². The molecule has 4 nitrogen and oxygen atoms in total. The number of allylic oxidation sites excluding steroid dienone is 4. The molecule has 4 heteroatoms. The summed E-state index contributed by atoms with van der Waals surface area (Å²) in [5, 5.41) is 5.62. The molecule has 1 heterocycles. The van der Waals surface area contributed by atoms with E-state index in [1.807, 2.05) is 54.6 Å². The highest BCUT2D eigenvalue weighted by atomic mass is 16.2. The van der Waals surface area contributed by atoms with Crippen LogP contribution in [0.2, 0.25) is 0 Å². The lowest BCUT2D eigenvalue weighted by molar-refractivity contribution is 0.254. The average Bonchev–Trinajstić information content (AvgIpc) is 2.83. The van der Waals surface area contributed by atoms with Crippen LogP contribution >= 0.6 is 0 Å². The number of anilines is 1. The molecule has 3 rings (SSSR count). The molecule has 1 aromatic rings. The number of fused-ring (bicyclic) bond motifs is 1. The Morgan fingerprint density at radius 2 is 1.95 bits per heavy atom. The molecule has 94 valence electrons. The predicted octanol–water partition coefficient (Wildman–Crippen LogP) is 2.85. The number of carbonyl (C=O) groups excluding carboxylic acids is 1. The van der Waals surface area contributed by atoms with Crippen LogP contribution < -0.4 is 10.6 Å². The summed E-state index contributed by atoms with van der Waals surface area (Å²) in [6.07, 6.45) is 9.56. The first-order valence-electron chi connectivity index (χ1n) is 6.08. The minimum Gasteiger partial charge on any atom is -0.309 e. The lowest BCUT2D eigenvalue weighted by Gasteiger charge is -2.15. The van der Waals surface area contributed by atoms with E-state index in [4.69, 9.17) is 0 Å². The molecule has 2 N–H and O–H groups in total. The van der Waals surface area contributed by atoms with Crippen LogP contribution in [0.1, 0.15) is 0 Å². The second-order valence-corrected chi connectivity index (χ2v) is 4.31. The number of benzene rings is 1. The highest BCUT2D eigenvalue weighted by molar-refractivity contribution is 6.04. The summed E-state index contributed by atoms with van der Waals surface area (Å²) < 4.78 is 0. The highest BCUT2D eigenvalue weighted by Crippen LogP contribution is 2.22. The van der Waals surface area contributed by atoms with E-state index in [2.05, 4.69) is 15.6 Å². The molecular formula is C15H13N3O. The van der Waals surface area contributed by atoms with Gasteiger partial charge in [-0.3, -0.25) is 4.99 Å². The lowest BCUT2D eigenvalue weighted by atomic mass is 9.97. The molecule has 2 amide bonds. The van der Waals surface area contributed by atoms with Crippen molar-refractivity contribution in [2.75, 3.05) is 5.32 Å². The first-order chi connectivity index (χ1) is 9.33. The normalized spacial score (nSPS) is 19.5. The van der Waals surface area contributed by atoms with Crippen LogP contribution in [-0.4, -0.2) is 11.7 Å². The number of nitrogens with zero attached hydrogens (tertiary/aromatic N) is 1. The van der Waals surface area contributed by atoms with Crippen LogP contribution in [0.3, 0.4) is 0 Å². The Hall–Kier alpha value is -2.62. The molecular weight excluding hydrogens is 238 g/mol. The van der Waals surface area contributed by atoms with Crippen molar-refractivity contribution >= 4 is 17.4 Å². The van der Waals surface area contributed by atoms with Crippen molar-refractivity contribution in [2.45, 2.75) is 0 Å². The summed E-state index contributed by atoms with van der Waals surface area (Å²) in [7, 11) is 0. The van der Waals surface area contributed by atoms with Gasteiger partial charge in [-0.05, 0) is 18.2 Å². The number of urea groups is 1. The topological polar surface area (TPSA) is 53.5 Å². The van der Waals surface area contributed by atoms with E-state index < -0.39 is 0 Å². The molecule has 0 saturated heterocycles. The standard InChI is InChI=1S/C15H13N3O/c19-15(17-11-6-2-1-3-7-11)18-14-10-16-13-9-5-4-8-12(13)14/h1-10,12H,(H2,17,18,19). The molecule has 1 aromatic carbocycles. The van der Waals surface area contributed by atoms with Gasteiger partial charge in [-0.2, -0.15) is 0 Å². The molecule has 0 fully saturated rings. The first-order valence-corrected chi connectivity index (χ1v) is 6.08. The summed E-state index contributed by atoms with van der Waals surface area (Å²) in [6.45, 7) is 0. The van der Waals surface area contributed by atoms with E-state index in [-0.39, 0.29) is 11.9 Å². The number of hydrogen-bond acceptors (Lipinski definition) is 2. The molecule has 0 saturated carbocycles. The minimum atomic E-state index is -0.253. The lowest BCUT2D eigenvalue weighted by Crippen LogP contribution is -2.31. The maximum atomic E-state index is 11.9. The Morgan fingerprint density at radius 3 is 2.79 bits per heavy atom. The van der Waals surface area contributed by atoms with Crippen LogP contribution in [0.25, 0.3) is 0 Å². The van der Waals surface area contributed by atoms with Crippen LogP contribution in [0.5, 0.6) is 0 Å². The van der Waals surface area contributed by atoms with Crippen LogP contribution in [0, 0.1) is 5.92 Å². The second kappa shape index (κ2) is 4.94. The summed E-state index contributed by atoms with van der Waals surface area (Å²) in [5.74, 6) is 0.0616. The van der Waals surface area contributed by atoms with Gasteiger partial charge in [0.1, 0.15) is 0 Å². The van der Waals surface area contributed by atoms with Gasteiger partial charge in [0.05, 0.1) is 17.3 Å². The fourth-order valence-electron chi connectivity index (χ4n) is 2.07. The van der Waals surface area contributed by atoms with Gasteiger partial charge in [-0.1, -0.05) is 36.4 Å². The fraction of sp³-hybridized carbons (Fsp3) is 0.0667. The van der Waals surface area contributed by atoms with Crippen LogP contribution in [0.15, 0.2) is 71.5 Å². The maximum Gasteiger partial charge on any atom is 0.323 e. The van der Waals surface area contributed by atoms with Crippen molar-refractivity contribution in [3.05, 3.63) is 66.5 Å². The van der Waals surface area contributed by atoms with Crippen molar-refractivity contribution in [3.8, 4) is 0 Å². The third-order valence-electron chi connectivity index (χ3n) is 2.98. The Morgan fingerprint density at radius 1 is 1.11 bits per heavy atom. The molecule has 1 aliphatic carbocycles. The molecule has 2 aliphatic rings. The number of hydrogen-bond donors (Lipinski definition) is 2. The first kappa shape index (κ1) is 11.5. The number of aliphatic imine (C=N–C) groups is 1. The molecule has 0 radical (unpaired) electrons. The Balaban J connectivity index is 1.63. The molecule has 1 unspecified atom stereocenters. The van der Waals surface area contributed by atoms with Crippen molar-refractivity contribution in [1.82, 2.24) is 5.32 Å². The SMILES string of the molecule is O=C(NC1=CN=C2C=CC=CC12)Nc1ccccc1. The number of para-hydroxylation sites is 1. The van der Waals surface area contributed by atoms with E-state index in [1.165, 1.54) is 0 Å². The molecule has 1 aliphatic heterocycles. The zero-order valence-corrected chi connectivity index (χ0v) is 10.2. The number of nitrogens with one attached hydrogen (secondary N) is 2. The van der Waals surface area contributed by atoms with Crippen LogP contribution in [-0.2, 0) is 0 Å². The Kier molecular flexibility index (Phi) is 2.98. The Labute approximate surface area is 111 Å². The van der Waals surface area contributed by atoms with E-state index in [0.717, 1.165) is 17.1 Å². The molecule has 1 atom stereocenters. The van der Waals surface area contributed by atoms with Crippen molar-refractivity contribution in [2.24, 2.45) is 10.9 Å². The smallest absolute Gasteiger partial charge is 0.309 e.